The molecule has 1 aliphatic rings. The first-order valence-electron chi connectivity index (χ1n) is 29.5. The number of esters is 1. The van der Waals surface area contributed by atoms with E-state index in [1.54, 1.807) is 28.1 Å². The number of aromatic carboxylic acids is 5. The Morgan fingerprint density at radius 3 is 0.955 bits per heavy atom. The number of hydrogen-bond acceptors (Lipinski definition) is 16. The fraction of sp³-hybridized carbons (Fsp3) is 0.548. The van der Waals surface area contributed by atoms with E-state index in [9.17, 15) is 33.9 Å². The number of fused-ring (bicyclic) bond motifs is 1. The first kappa shape index (κ1) is 76.5. The van der Waals surface area contributed by atoms with Crippen LogP contribution in [-0.4, -0.2) is 140 Å². The van der Waals surface area contributed by atoms with Crippen molar-refractivity contribution < 1.29 is 73.6 Å². The number of cyclic esters (lactones) is 1. The molecule has 89 heavy (non-hydrogen) atoms. The zero-order valence-electron chi connectivity index (χ0n) is 54.9. The summed E-state index contributed by atoms with van der Waals surface area (Å²) >= 11 is 0. The minimum absolute atomic E-state index is 0.0512. The van der Waals surface area contributed by atoms with Gasteiger partial charge in [0.15, 0.2) is 34.2 Å². The number of carboxylic acid groups (broad SMARTS) is 5. The Bertz CT molecular complexity index is 3170. The lowest BCUT2D eigenvalue weighted by molar-refractivity contribution is 0.00752. The Morgan fingerprint density at radius 2 is 0.730 bits per heavy atom. The van der Waals surface area contributed by atoms with Crippen LogP contribution in [0.2, 0.25) is 0 Å². The molecule has 492 valence electrons. The largest absolute Gasteiger partial charge is 0.477 e. The minimum atomic E-state index is -1.22. The van der Waals surface area contributed by atoms with Gasteiger partial charge in [0.2, 0.25) is 0 Å². The molecular weight excluding hydrogens is 1150 g/mol. The molecule has 0 saturated carbocycles. The normalized spacial score (nSPS) is 12.2. The minimum Gasteiger partial charge on any atom is -0.477 e. The second-order valence-corrected chi connectivity index (χ2v) is 22.9. The van der Waals surface area contributed by atoms with Crippen molar-refractivity contribution in [3.8, 4) is 0 Å². The molecule has 6 aromatic heterocycles. The van der Waals surface area contributed by atoms with Gasteiger partial charge in [-0.2, -0.15) is 0 Å². The summed E-state index contributed by atoms with van der Waals surface area (Å²) in [5.74, 6) is -1.18. The predicted molar refractivity (Wildman–Crippen MR) is 333 cm³/mol. The number of nitrogens with zero attached hydrogens (tertiary/aromatic N) is 6. The first-order valence-corrected chi connectivity index (χ1v) is 29.5. The number of ether oxygens (including phenoxy) is 3. The molecule has 12 N–H and O–H groups in total. The highest BCUT2D eigenvalue weighted by Crippen LogP contribution is 2.34. The molecule has 0 amide bonds. The molecular formula is C62H94N12O15. The number of aromatic amines is 6. The summed E-state index contributed by atoms with van der Waals surface area (Å²) in [5, 5.41) is 54.6. The van der Waals surface area contributed by atoms with Crippen molar-refractivity contribution in [1.82, 2.24) is 59.8 Å². The van der Waals surface area contributed by atoms with Crippen molar-refractivity contribution in [3.63, 3.8) is 0 Å². The third-order valence-corrected chi connectivity index (χ3v) is 13.3. The Balaban J connectivity index is 0.000000364. The van der Waals surface area contributed by atoms with Crippen LogP contribution in [0.1, 0.15) is 281 Å². The van der Waals surface area contributed by atoms with Gasteiger partial charge in [0.1, 0.15) is 57.4 Å². The maximum atomic E-state index is 11.4. The number of carbonyl (C=O) groups excluding carboxylic acids is 1. The van der Waals surface area contributed by atoms with Crippen LogP contribution >= 0.6 is 0 Å². The number of aliphatic hydroxyl groups is 1. The van der Waals surface area contributed by atoms with Crippen LogP contribution in [0, 0.1) is 0 Å². The fourth-order valence-corrected chi connectivity index (χ4v) is 8.49. The molecule has 0 unspecified atom stereocenters. The van der Waals surface area contributed by atoms with Gasteiger partial charge in [0.25, 0.3) is 0 Å². The van der Waals surface area contributed by atoms with Crippen LogP contribution in [-0.2, 0) is 75.1 Å². The number of imidazole rings is 6. The van der Waals surface area contributed by atoms with E-state index in [-0.39, 0.29) is 40.1 Å². The van der Waals surface area contributed by atoms with Gasteiger partial charge in [-0.05, 0) is 119 Å². The number of nitrogens with one attached hydrogen (secondary N) is 6. The average molecular weight is 1250 g/mol. The molecule has 27 nitrogen and oxygen atoms in total. The molecule has 7 heterocycles. The number of methoxy groups -OCH3 is 2. The highest BCUT2D eigenvalue weighted by molar-refractivity contribution is 5.93. The lowest BCUT2D eigenvalue weighted by atomic mass is 10.0. The van der Waals surface area contributed by atoms with Crippen LogP contribution in [0.4, 0.5) is 0 Å². The van der Waals surface area contributed by atoms with Crippen molar-refractivity contribution in [2.24, 2.45) is 0 Å². The van der Waals surface area contributed by atoms with Crippen molar-refractivity contribution >= 4 is 47.0 Å². The standard InChI is InChI=1S/2C11H18N2O3.C10H16N2O3.3C10H14N2O2/c2*1-5-6-7-12-8(10(14)15)9(13-7)11(2,3)16-4;1-4-5-6-11-7(9(13)14)8(12-6)10(2,3)15;1-4-5-6-11-7-8(12-6)10(2,3)14-9(7)13;2*1-4-5-7-11-8(6(2)3)9(12-7)10(13)14/h2*5-6H2,1-4H3,(H,12,13)(H,14,15);15H,4-5H2,1-3H3,(H,11,12)(H,13,14);4-5H2,1-3H3,(H,11,12);2*2,4-5H2,1,3H3,(H,11,12)(H,13,14). The van der Waals surface area contributed by atoms with Gasteiger partial charge in [-0.1, -0.05) is 54.7 Å². The van der Waals surface area contributed by atoms with Crippen LogP contribution < -0.4 is 0 Å². The van der Waals surface area contributed by atoms with E-state index < -0.39 is 52.3 Å². The molecule has 0 atom stereocenters. The summed E-state index contributed by atoms with van der Waals surface area (Å²) in [6, 6.07) is 0. The average Bonchev–Trinajstić information content (AvgIpc) is 1.66. The Kier molecular flexibility index (Phi) is 29.0. The maximum absolute atomic E-state index is 11.4. The molecule has 0 fully saturated rings. The first-order chi connectivity index (χ1) is 41.4. The van der Waals surface area contributed by atoms with Crippen LogP contribution in [0.25, 0.3) is 11.1 Å². The summed E-state index contributed by atoms with van der Waals surface area (Å²) < 4.78 is 15.7. The highest BCUT2D eigenvalue weighted by Gasteiger charge is 2.41. The summed E-state index contributed by atoms with van der Waals surface area (Å²) in [6.07, 6.45) is 10.1. The molecule has 1 aliphatic heterocycles. The van der Waals surface area contributed by atoms with E-state index in [1.807, 2.05) is 76.2 Å². The van der Waals surface area contributed by atoms with Crippen molar-refractivity contribution in [3.05, 3.63) is 116 Å². The van der Waals surface area contributed by atoms with Gasteiger partial charge in [-0.15, -0.1) is 0 Å². The molecule has 7 rings (SSSR count). The van der Waals surface area contributed by atoms with Crippen LogP contribution in [0.15, 0.2) is 13.2 Å². The second kappa shape index (κ2) is 33.7. The lowest BCUT2D eigenvalue weighted by Gasteiger charge is -2.21. The SMILES string of the molecule is C=C(C)c1nc(CCC)[nH]c1C(=O)O.C=C(C)c1nc(CCC)[nH]c1C(=O)O.CCCc1nc(C(=O)O)c(C(C)(C)O)[nH]1.CCCc1nc(C(=O)O)c(C(C)(C)OC)[nH]1.CCCc1nc(C(=O)O)c(C(C)(C)OC)[nH]1.CCCc1nc2c([nH]1)C(C)(C)OC2=O. The van der Waals surface area contributed by atoms with Crippen molar-refractivity contribution in [2.45, 2.75) is 210 Å². The number of aromatic nitrogens is 12. The lowest BCUT2D eigenvalue weighted by Crippen LogP contribution is -2.23. The van der Waals surface area contributed by atoms with E-state index >= 15 is 0 Å². The fourth-order valence-electron chi connectivity index (χ4n) is 8.49. The van der Waals surface area contributed by atoms with Gasteiger partial charge in [-0.25, -0.2) is 58.7 Å². The van der Waals surface area contributed by atoms with Gasteiger partial charge in [0.05, 0.1) is 34.2 Å². The Hall–Kier alpha value is -8.56. The van der Waals surface area contributed by atoms with Gasteiger partial charge < -0.3 is 74.8 Å². The highest BCUT2D eigenvalue weighted by atomic mass is 16.6. The molecule has 0 bridgehead atoms. The summed E-state index contributed by atoms with van der Waals surface area (Å²) in [7, 11) is 3.10. The molecule has 27 heteroatoms. The molecule has 6 aromatic rings. The Morgan fingerprint density at radius 1 is 0.461 bits per heavy atom. The van der Waals surface area contributed by atoms with Gasteiger partial charge in [-0.3, -0.25) is 0 Å². The number of carboxylic acids is 5. The van der Waals surface area contributed by atoms with E-state index in [2.05, 4.69) is 79.9 Å². The topological polar surface area (TPSA) is 424 Å². The van der Waals surface area contributed by atoms with Crippen molar-refractivity contribution in [1.29, 1.82) is 0 Å². The monoisotopic (exact) mass is 1250 g/mol. The van der Waals surface area contributed by atoms with E-state index in [0.717, 1.165) is 82.1 Å². The van der Waals surface area contributed by atoms with E-state index in [1.165, 1.54) is 13.8 Å². The summed E-state index contributed by atoms with van der Waals surface area (Å²) in [5.41, 5.74) is 2.00. The third-order valence-electron chi connectivity index (χ3n) is 13.3. The van der Waals surface area contributed by atoms with Crippen LogP contribution in [0.3, 0.4) is 0 Å². The Labute approximate surface area is 519 Å². The molecule has 0 radical (unpaired) electrons. The summed E-state index contributed by atoms with van der Waals surface area (Å²) in [6.45, 7) is 37.0. The number of carbonyl (C=O) groups is 6. The predicted octanol–water partition coefficient (Wildman–Crippen LogP) is 11.1. The smallest absolute Gasteiger partial charge is 0.359 e. The number of allylic oxidation sites excluding steroid dienone is 2. The quantitative estimate of drug-likeness (QED) is 0.0250. The molecule has 0 aromatic carbocycles. The van der Waals surface area contributed by atoms with E-state index in [4.69, 9.17) is 39.7 Å². The van der Waals surface area contributed by atoms with E-state index in [0.29, 0.717) is 75.2 Å². The van der Waals surface area contributed by atoms with Crippen molar-refractivity contribution in [2.75, 3.05) is 14.2 Å². The van der Waals surface area contributed by atoms with Gasteiger partial charge in [0, 0.05) is 52.7 Å². The zero-order valence-corrected chi connectivity index (χ0v) is 54.9. The number of H-pyrrole nitrogens is 6. The third kappa shape index (κ3) is 21.6. The number of aryl methyl sites for hydroxylation is 6. The number of hydrogen-bond donors (Lipinski definition) is 12. The maximum Gasteiger partial charge on any atom is 0.359 e. The molecule has 0 spiro atoms. The van der Waals surface area contributed by atoms with Gasteiger partial charge >= 0.3 is 35.8 Å². The molecule has 0 aliphatic carbocycles. The van der Waals surface area contributed by atoms with Crippen LogP contribution in [0.5, 0.6) is 0 Å². The molecule has 0 saturated heterocycles. The second-order valence-electron chi connectivity index (χ2n) is 22.9. The number of rotatable bonds is 24. The summed E-state index contributed by atoms with van der Waals surface area (Å²) in [4.78, 5) is 108. The zero-order chi connectivity index (χ0) is 68.1.